The molecular weight excluding hydrogens is 362 g/mol. The zero-order chi connectivity index (χ0) is 16.4. The van der Waals surface area contributed by atoms with Crippen molar-refractivity contribution in [2.45, 2.75) is 6.92 Å². The summed E-state index contributed by atoms with van der Waals surface area (Å²) < 4.78 is 6.27. The van der Waals surface area contributed by atoms with E-state index in [-0.39, 0.29) is 25.0 Å². The molecule has 0 unspecified atom stereocenters. The van der Waals surface area contributed by atoms with Gasteiger partial charge in [-0.15, -0.1) is 0 Å². The Kier molecular flexibility index (Phi) is 4.29. The molecule has 118 valence electrons. The number of halogens is 1. The van der Waals surface area contributed by atoms with Gasteiger partial charge in [-0.3, -0.25) is 14.5 Å². The monoisotopic (exact) mass is 375 g/mol. The molecule has 0 atom stereocenters. The fourth-order valence-corrected chi connectivity index (χ4v) is 2.51. The Balaban J connectivity index is 1.75. The molecule has 2 amide bonds. The normalized spacial score (nSPS) is 13.3. The van der Waals surface area contributed by atoms with Crippen molar-refractivity contribution >= 4 is 39.2 Å². The Morgan fingerprint density at radius 2 is 2.26 bits per heavy atom. The molecule has 23 heavy (non-hydrogen) atoms. The quantitative estimate of drug-likeness (QED) is 0.894. The maximum atomic E-state index is 12.2. The van der Waals surface area contributed by atoms with Crippen LogP contribution in [0.5, 0.6) is 5.75 Å². The van der Waals surface area contributed by atoms with E-state index >= 15 is 0 Å². The van der Waals surface area contributed by atoms with Crippen LogP contribution in [0.1, 0.15) is 5.56 Å². The number of nitrogens with one attached hydrogen (secondary N) is 1. The molecule has 0 spiro atoms. The number of ether oxygens (including phenoxy) is 1. The van der Waals surface area contributed by atoms with Gasteiger partial charge in [0.25, 0.3) is 5.91 Å². The molecule has 2 heterocycles. The van der Waals surface area contributed by atoms with Crippen molar-refractivity contribution in [3.63, 3.8) is 0 Å². The summed E-state index contributed by atoms with van der Waals surface area (Å²) >= 11 is 3.41. The minimum absolute atomic E-state index is 0.0939. The Morgan fingerprint density at radius 1 is 1.43 bits per heavy atom. The van der Waals surface area contributed by atoms with Crippen LogP contribution in [0.3, 0.4) is 0 Å². The van der Waals surface area contributed by atoms with E-state index in [9.17, 15) is 9.59 Å². The number of aromatic nitrogens is 1. The first-order valence-corrected chi connectivity index (χ1v) is 7.78. The number of nitrogens with zero attached hydrogens (tertiary/aromatic N) is 2. The van der Waals surface area contributed by atoms with Crippen LogP contribution < -0.4 is 15.0 Å². The number of hydrogen-bond acceptors (Lipinski definition) is 4. The summed E-state index contributed by atoms with van der Waals surface area (Å²) in [6, 6.07) is 8.95. The van der Waals surface area contributed by atoms with Crippen LogP contribution in [0.2, 0.25) is 0 Å². The number of hydrogen-bond donors (Lipinski definition) is 1. The lowest BCUT2D eigenvalue weighted by Crippen LogP contribution is -2.43. The van der Waals surface area contributed by atoms with Crippen molar-refractivity contribution in [3.05, 3.63) is 46.6 Å². The Bertz CT molecular complexity index is 779. The third-order valence-corrected chi connectivity index (χ3v) is 4.29. The van der Waals surface area contributed by atoms with Crippen molar-refractivity contribution in [2.75, 3.05) is 23.4 Å². The lowest BCUT2D eigenvalue weighted by atomic mass is 10.2. The predicted molar refractivity (Wildman–Crippen MR) is 89.6 cm³/mol. The number of pyridine rings is 1. The van der Waals surface area contributed by atoms with Crippen LogP contribution in [-0.2, 0) is 9.59 Å². The molecule has 0 aliphatic carbocycles. The van der Waals surface area contributed by atoms with E-state index in [1.54, 1.807) is 24.4 Å². The van der Waals surface area contributed by atoms with E-state index in [1.165, 1.54) is 4.90 Å². The van der Waals surface area contributed by atoms with E-state index in [1.807, 2.05) is 19.1 Å². The van der Waals surface area contributed by atoms with E-state index in [2.05, 4.69) is 26.2 Å². The summed E-state index contributed by atoms with van der Waals surface area (Å²) in [7, 11) is 0. The second kappa shape index (κ2) is 6.37. The van der Waals surface area contributed by atoms with Crippen molar-refractivity contribution in [1.82, 2.24) is 4.98 Å². The van der Waals surface area contributed by atoms with Gasteiger partial charge in [0, 0.05) is 16.4 Å². The molecule has 0 bridgehead atoms. The molecule has 7 heteroatoms. The summed E-state index contributed by atoms with van der Waals surface area (Å²) in [5, 5.41) is 2.79. The van der Waals surface area contributed by atoms with Crippen LogP contribution in [0.25, 0.3) is 0 Å². The predicted octanol–water partition coefficient (Wildman–Crippen LogP) is 2.52. The van der Waals surface area contributed by atoms with Gasteiger partial charge < -0.3 is 10.1 Å². The molecule has 3 rings (SSSR count). The van der Waals surface area contributed by atoms with Crippen molar-refractivity contribution in [3.8, 4) is 5.75 Å². The highest BCUT2D eigenvalue weighted by Gasteiger charge is 2.28. The number of fused-ring (bicyclic) bond motifs is 1. The number of carbonyl (C=O) groups is 2. The van der Waals surface area contributed by atoms with E-state index < -0.39 is 0 Å². The average Bonchev–Trinajstić information content (AvgIpc) is 2.54. The number of benzene rings is 1. The molecule has 1 N–H and O–H groups in total. The smallest absolute Gasteiger partial charge is 0.266 e. The second-order valence-electron chi connectivity index (χ2n) is 5.11. The maximum absolute atomic E-state index is 12.2. The first kappa shape index (κ1) is 15.5. The average molecular weight is 376 g/mol. The van der Waals surface area contributed by atoms with E-state index in [0.29, 0.717) is 17.3 Å². The van der Waals surface area contributed by atoms with Crippen LogP contribution in [0.15, 0.2) is 41.0 Å². The molecule has 1 aromatic heterocycles. The first-order chi connectivity index (χ1) is 11.0. The largest absolute Gasteiger partial charge is 0.480 e. The van der Waals surface area contributed by atoms with Gasteiger partial charge in [-0.05, 0) is 42.8 Å². The van der Waals surface area contributed by atoms with E-state index in [0.717, 1.165) is 10.0 Å². The van der Waals surface area contributed by atoms with Gasteiger partial charge in [0.2, 0.25) is 5.91 Å². The van der Waals surface area contributed by atoms with Gasteiger partial charge in [-0.1, -0.05) is 15.9 Å². The van der Waals surface area contributed by atoms with Crippen LogP contribution in [-0.4, -0.2) is 29.9 Å². The molecule has 0 radical (unpaired) electrons. The van der Waals surface area contributed by atoms with Crippen molar-refractivity contribution < 1.29 is 14.3 Å². The molecule has 1 aliphatic heterocycles. The summed E-state index contributed by atoms with van der Waals surface area (Å²) in [6.07, 6.45) is 1.56. The summed E-state index contributed by atoms with van der Waals surface area (Å²) in [5.41, 5.74) is 1.69. The van der Waals surface area contributed by atoms with Crippen LogP contribution in [0, 0.1) is 6.92 Å². The highest BCUT2D eigenvalue weighted by molar-refractivity contribution is 9.10. The fraction of sp³-hybridized carbons (Fsp3) is 0.188. The van der Waals surface area contributed by atoms with Gasteiger partial charge in [0.05, 0.1) is 0 Å². The number of carbonyl (C=O) groups excluding carboxylic acids is 2. The van der Waals surface area contributed by atoms with Gasteiger partial charge in [-0.25, -0.2) is 4.98 Å². The molecule has 0 saturated heterocycles. The SMILES string of the molecule is Cc1cc(NC(=O)CN2C(=O)COc3cccnc32)ccc1Br. The highest BCUT2D eigenvalue weighted by atomic mass is 79.9. The third kappa shape index (κ3) is 3.34. The number of aryl methyl sites for hydroxylation is 1. The number of amides is 2. The molecule has 1 aromatic carbocycles. The Labute approximate surface area is 141 Å². The Morgan fingerprint density at radius 3 is 3.04 bits per heavy atom. The van der Waals surface area contributed by atoms with Crippen LogP contribution >= 0.6 is 15.9 Å². The van der Waals surface area contributed by atoms with Crippen molar-refractivity contribution in [1.29, 1.82) is 0 Å². The third-order valence-electron chi connectivity index (χ3n) is 3.40. The van der Waals surface area contributed by atoms with Gasteiger partial charge in [-0.2, -0.15) is 0 Å². The summed E-state index contributed by atoms with van der Waals surface area (Å²) in [6.45, 7) is 1.73. The molecular formula is C16H14BrN3O3. The minimum Gasteiger partial charge on any atom is -0.480 e. The standard InChI is InChI=1S/C16H14BrN3O3/c1-10-7-11(4-5-12(10)17)19-14(21)8-20-15(22)9-23-13-3-2-6-18-16(13)20/h2-7H,8-9H2,1H3,(H,19,21). The minimum atomic E-state index is -0.293. The van der Waals surface area contributed by atoms with Gasteiger partial charge >= 0.3 is 0 Å². The highest BCUT2D eigenvalue weighted by Crippen LogP contribution is 2.28. The molecule has 1 aliphatic rings. The second-order valence-corrected chi connectivity index (χ2v) is 5.96. The lowest BCUT2D eigenvalue weighted by molar-refractivity contribution is -0.123. The zero-order valence-electron chi connectivity index (χ0n) is 12.4. The van der Waals surface area contributed by atoms with Gasteiger partial charge in [0.1, 0.15) is 6.54 Å². The van der Waals surface area contributed by atoms with Crippen LogP contribution in [0.4, 0.5) is 11.5 Å². The molecule has 6 nitrogen and oxygen atoms in total. The van der Waals surface area contributed by atoms with E-state index in [4.69, 9.17) is 4.74 Å². The molecule has 2 aromatic rings. The Hall–Kier alpha value is -2.41. The van der Waals surface area contributed by atoms with Crippen molar-refractivity contribution in [2.24, 2.45) is 0 Å². The molecule has 0 fully saturated rings. The topological polar surface area (TPSA) is 71.5 Å². The van der Waals surface area contributed by atoms with Gasteiger partial charge in [0.15, 0.2) is 18.2 Å². The molecule has 0 saturated carbocycles. The maximum Gasteiger partial charge on any atom is 0.266 e. The summed E-state index contributed by atoms with van der Waals surface area (Å²) in [4.78, 5) is 29.7. The summed E-state index contributed by atoms with van der Waals surface area (Å²) in [5.74, 6) is 0.280. The lowest BCUT2D eigenvalue weighted by Gasteiger charge is -2.27. The fourth-order valence-electron chi connectivity index (χ4n) is 2.26. The number of rotatable bonds is 3. The number of anilines is 2. The zero-order valence-corrected chi connectivity index (χ0v) is 14.0. The first-order valence-electron chi connectivity index (χ1n) is 6.99.